The number of methoxy groups -OCH3 is 1. The van der Waals surface area contributed by atoms with E-state index in [1.165, 1.54) is 31.4 Å². The third kappa shape index (κ3) is 6.00. The number of hydrogen-bond acceptors (Lipinski definition) is 6. The van der Waals surface area contributed by atoms with Crippen LogP contribution in [0, 0.1) is 15.5 Å². The Morgan fingerprint density at radius 2 is 2.06 bits per heavy atom. The zero-order chi connectivity index (χ0) is 13.3. The third-order valence-electron chi connectivity index (χ3n) is 1.66. The Kier molecular flexibility index (Phi) is 6.88. The van der Waals surface area contributed by atoms with E-state index >= 15 is 0 Å². The van der Waals surface area contributed by atoms with E-state index in [9.17, 15) is 14.9 Å². The normalized spacial score (nSPS) is 8.59. The maximum Gasteiger partial charge on any atom is 0.319 e. The summed E-state index contributed by atoms with van der Waals surface area (Å²) in [5.74, 6) is -0.380. The molecule has 0 atom stereocenters. The number of nitrogens with one attached hydrogen (secondary N) is 1. The van der Waals surface area contributed by atoms with Crippen molar-refractivity contribution >= 4 is 17.9 Å². The summed E-state index contributed by atoms with van der Waals surface area (Å²) < 4.78 is 4.14. The van der Waals surface area contributed by atoms with Gasteiger partial charge in [0.2, 0.25) is 0 Å². The van der Waals surface area contributed by atoms with Gasteiger partial charge < -0.3 is 15.9 Å². The molecule has 0 unspecified atom stereocenters. The average molecular weight is 239 g/mol. The molecule has 0 fully saturated rings. The van der Waals surface area contributed by atoms with Gasteiger partial charge in [0.1, 0.15) is 0 Å². The minimum atomic E-state index is -0.465. The molecule has 3 N–H and O–H groups in total. The van der Waals surface area contributed by atoms with Crippen LogP contribution in [0.4, 0.5) is 5.69 Å². The van der Waals surface area contributed by atoms with Crippen LogP contribution >= 0.6 is 0 Å². The molecular weight excluding hydrogens is 226 g/mol. The standard InChI is InChI=1S/C7H6N2O2.C3H7NO2/c8-5-6-1-3-7(4-2-6)9(10)11;1-6-3(5)2-4/h1-5,8H;2,4H2,1H3. The quantitative estimate of drug-likeness (QED) is 0.348. The van der Waals surface area contributed by atoms with Gasteiger partial charge in [0, 0.05) is 18.3 Å². The summed E-state index contributed by atoms with van der Waals surface area (Å²) in [6, 6.07) is 5.82. The Bertz CT molecular complexity index is 383. The van der Waals surface area contributed by atoms with Crippen LogP contribution in [0.15, 0.2) is 24.3 Å². The van der Waals surface area contributed by atoms with Crippen molar-refractivity contribution in [1.29, 1.82) is 5.41 Å². The first-order valence-corrected chi connectivity index (χ1v) is 4.57. The maximum atomic E-state index is 10.1. The minimum absolute atomic E-state index is 0.0312. The van der Waals surface area contributed by atoms with E-state index in [0.717, 1.165) is 6.21 Å². The van der Waals surface area contributed by atoms with E-state index in [1.807, 2.05) is 0 Å². The molecule has 0 amide bonds. The van der Waals surface area contributed by atoms with Crippen LogP contribution in [0.25, 0.3) is 0 Å². The summed E-state index contributed by atoms with van der Waals surface area (Å²) in [6.45, 7) is -0.0312. The van der Waals surface area contributed by atoms with E-state index in [-0.39, 0.29) is 18.2 Å². The summed E-state index contributed by atoms with van der Waals surface area (Å²) in [4.78, 5) is 19.5. The van der Waals surface area contributed by atoms with Gasteiger partial charge in [-0.2, -0.15) is 0 Å². The van der Waals surface area contributed by atoms with Crippen molar-refractivity contribution in [3.05, 3.63) is 39.9 Å². The number of rotatable bonds is 3. The number of nitrogens with two attached hydrogens (primary N) is 1. The highest BCUT2D eigenvalue weighted by Gasteiger charge is 2.01. The van der Waals surface area contributed by atoms with Gasteiger partial charge in [-0.25, -0.2) is 0 Å². The zero-order valence-electron chi connectivity index (χ0n) is 9.25. The van der Waals surface area contributed by atoms with Crippen molar-refractivity contribution in [1.82, 2.24) is 0 Å². The van der Waals surface area contributed by atoms with Crippen molar-refractivity contribution in [3.63, 3.8) is 0 Å². The van der Waals surface area contributed by atoms with E-state index in [1.54, 1.807) is 0 Å². The van der Waals surface area contributed by atoms with Crippen molar-refractivity contribution < 1.29 is 14.5 Å². The molecular formula is C10H13N3O4. The number of hydrogen-bond donors (Lipinski definition) is 2. The van der Waals surface area contributed by atoms with Crippen molar-refractivity contribution in [2.75, 3.05) is 13.7 Å². The molecule has 0 aromatic heterocycles. The van der Waals surface area contributed by atoms with Crippen molar-refractivity contribution in [3.8, 4) is 0 Å². The van der Waals surface area contributed by atoms with E-state index < -0.39 is 4.92 Å². The molecule has 1 aromatic carbocycles. The molecule has 0 heterocycles. The molecule has 17 heavy (non-hydrogen) atoms. The molecule has 0 aliphatic rings. The summed E-state index contributed by atoms with van der Waals surface area (Å²) in [6.07, 6.45) is 1.14. The number of non-ortho nitro benzene ring substituents is 1. The van der Waals surface area contributed by atoms with E-state index in [4.69, 9.17) is 11.1 Å². The number of benzene rings is 1. The second-order valence-electron chi connectivity index (χ2n) is 2.77. The first-order valence-electron chi connectivity index (χ1n) is 4.57. The Balaban J connectivity index is 0.000000366. The molecule has 0 aliphatic heterocycles. The first-order chi connectivity index (χ1) is 8.04. The average Bonchev–Trinajstić information content (AvgIpc) is 2.38. The Morgan fingerprint density at radius 1 is 1.53 bits per heavy atom. The molecule has 0 spiro atoms. The van der Waals surface area contributed by atoms with Crippen molar-refractivity contribution in [2.24, 2.45) is 5.73 Å². The highest BCUT2D eigenvalue weighted by atomic mass is 16.6. The lowest BCUT2D eigenvalue weighted by Crippen LogP contribution is -2.14. The number of carbonyl (C=O) groups is 1. The highest BCUT2D eigenvalue weighted by Crippen LogP contribution is 2.09. The number of esters is 1. The number of nitro groups is 1. The molecule has 0 bridgehead atoms. The second kappa shape index (κ2) is 7.94. The fraction of sp³-hybridized carbons (Fsp3) is 0.200. The molecule has 0 aliphatic carbocycles. The molecule has 0 radical (unpaired) electrons. The molecule has 0 saturated carbocycles. The van der Waals surface area contributed by atoms with Gasteiger partial charge in [-0.15, -0.1) is 0 Å². The Labute approximate surface area is 97.9 Å². The lowest BCUT2D eigenvalue weighted by atomic mass is 10.2. The molecule has 92 valence electrons. The molecule has 1 rings (SSSR count). The number of ether oxygens (including phenoxy) is 1. The first kappa shape index (κ1) is 14.7. The molecule has 7 nitrogen and oxygen atoms in total. The molecule has 1 aromatic rings. The number of carbonyl (C=O) groups excluding carboxylic acids is 1. The number of nitro benzene ring substituents is 1. The number of nitrogens with zero attached hydrogens (tertiary/aromatic N) is 1. The van der Waals surface area contributed by atoms with Gasteiger partial charge in [0.25, 0.3) is 5.69 Å². The lowest BCUT2D eigenvalue weighted by Gasteiger charge is -1.90. The lowest BCUT2D eigenvalue weighted by molar-refractivity contribution is -0.384. The maximum absolute atomic E-state index is 10.1. The van der Waals surface area contributed by atoms with Gasteiger partial charge in [0.15, 0.2) is 0 Å². The summed E-state index contributed by atoms with van der Waals surface area (Å²) in [5, 5.41) is 17.0. The monoisotopic (exact) mass is 239 g/mol. The van der Waals surface area contributed by atoms with Crippen LogP contribution < -0.4 is 5.73 Å². The van der Waals surface area contributed by atoms with Crippen LogP contribution in [-0.2, 0) is 9.53 Å². The zero-order valence-corrected chi connectivity index (χ0v) is 9.25. The molecule has 0 saturated heterocycles. The van der Waals surface area contributed by atoms with E-state index in [0.29, 0.717) is 5.56 Å². The summed E-state index contributed by atoms with van der Waals surface area (Å²) >= 11 is 0. The second-order valence-corrected chi connectivity index (χ2v) is 2.77. The minimum Gasteiger partial charge on any atom is -0.468 e. The fourth-order valence-corrected chi connectivity index (χ4v) is 0.776. The SMILES string of the molecule is COC(=O)CN.N=Cc1ccc([N+](=O)[O-])cc1. The summed E-state index contributed by atoms with van der Waals surface area (Å²) in [5.41, 5.74) is 5.52. The predicted molar refractivity (Wildman–Crippen MR) is 62.1 cm³/mol. The summed E-state index contributed by atoms with van der Waals surface area (Å²) in [7, 11) is 1.30. The van der Waals surface area contributed by atoms with Gasteiger partial charge in [0.05, 0.1) is 18.6 Å². The predicted octanol–water partition coefficient (Wildman–Crippen LogP) is 0.711. The van der Waals surface area contributed by atoms with Crippen LogP contribution in [-0.4, -0.2) is 30.8 Å². The van der Waals surface area contributed by atoms with Crippen molar-refractivity contribution in [2.45, 2.75) is 0 Å². The highest BCUT2D eigenvalue weighted by molar-refractivity contribution is 5.77. The van der Waals surface area contributed by atoms with Gasteiger partial charge in [-0.1, -0.05) is 0 Å². The smallest absolute Gasteiger partial charge is 0.319 e. The van der Waals surface area contributed by atoms with Crippen LogP contribution in [0.5, 0.6) is 0 Å². The largest absolute Gasteiger partial charge is 0.468 e. The van der Waals surface area contributed by atoms with Crippen LogP contribution in [0.1, 0.15) is 5.56 Å². The fourth-order valence-electron chi connectivity index (χ4n) is 0.776. The Hall–Kier alpha value is -2.28. The van der Waals surface area contributed by atoms with E-state index in [2.05, 4.69) is 4.74 Å². The third-order valence-corrected chi connectivity index (χ3v) is 1.66. The topological polar surface area (TPSA) is 119 Å². The van der Waals surface area contributed by atoms with Crippen LogP contribution in [0.3, 0.4) is 0 Å². The van der Waals surface area contributed by atoms with Gasteiger partial charge in [-0.05, 0) is 17.7 Å². The van der Waals surface area contributed by atoms with Gasteiger partial charge >= 0.3 is 5.97 Å². The van der Waals surface area contributed by atoms with Crippen LogP contribution in [0.2, 0.25) is 0 Å². The Morgan fingerprint density at radius 3 is 2.29 bits per heavy atom. The van der Waals surface area contributed by atoms with Gasteiger partial charge in [-0.3, -0.25) is 14.9 Å². The molecule has 7 heteroatoms.